The number of nitrogens with zero attached hydrogens (tertiary/aromatic N) is 1. The van der Waals surface area contributed by atoms with Crippen molar-refractivity contribution >= 4 is 11.6 Å². The molecule has 0 aliphatic heterocycles. The molecule has 0 aromatic heterocycles. The molecular weight excluding hydrogens is 366 g/mol. The Morgan fingerprint density at radius 3 is 2.17 bits per heavy atom. The Bertz CT molecular complexity index is 1050. The van der Waals surface area contributed by atoms with Crippen molar-refractivity contribution in [1.29, 1.82) is 5.26 Å². The number of rotatable bonds is 8. The zero-order valence-corrected chi connectivity index (χ0v) is 15.7. The first-order chi connectivity index (χ1) is 14.0. The number of para-hydroxylation sites is 1. The highest BCUT2D eigenvalue weighted by Gasteiger charge is 2.13. The minimum atomic E-state index is -0.279. The van der Waals surface area contributed by atoms with Crippen LogP contribution in [0, 0.1) is 11.3 Å². The van der Waals surface area contributed by atoms with Crippen LogP contribution in [-0.2, 0) is 22.4 Å². The monoisotopic (exact) mass is 385 g/mol. The van der Waals surface area contributed by atoms with Gasteiger partial charge < -0.3 is 9.84 Å². The van der Waals surface area contributed by atoms with Gasteiger partial charge in [0.2, 0.25) is 0 Å². The smallest absolute Gasteiger partial charge is 0.144 e. The van der Waals surface area contributed by atoms with Crippen LogP contribution in [0.2, 0.25) is 0 Å². The molecular formula is C24H19NO4. The highest BCUT2D eigenvalue weighted by atomic mass is 16.5. The van der Waals surface area contributed by atoms with E-state index in [1.807, 2.05) is 36.4 Å². The summed E-state index contributed by atoms with van der Waals surface area (Å²) in [5.74, 6) is 0.811. The summed E-state index contributed by atoms with van der Waals surface area (Å²) < 4.78 is 5.71. The van der Waals surface area contributed by atoms with Gasteiger partial charge in [0, 0.05) is 18.4 Å². The molecule has 0 fully saturated rings. The van der Waals surface area contributed by atoms with E-state index in [-0.39, 0.29) is 36.6 Å². The highest BCUT2D eigenvalue weighted by Crippen LogP contribution is 2.22. The van der Waals surface area contributed by atoms with E-state index in [9.17, 15) is 14.7 Å². The minimum absolute atomic E-state index is 0.0485. The predicted octanol–water partition coefficient (Wildman–Crippen LogP) is 4.37. The first-order valence-electron chi connectivity index (χ1n) is 9.11. The van der Waals surface area contributed by atoms with E-state index in [1.165, 1.54) is 18.2 Å². The van der Waals surface area contributed by atoms with Crippen molar-refractivity contribution in [3.05, 3.63) is 89.5 Å². The molecule has 0 saturated heterocycles. The maximum absolute atomic E-state index is 12.2. The average molecular weight is 385 g/mol. The van der Waals surface area contributed by atoms with Gasteiger partial charge in [-0.1, -0.05) is 36.4 Å². The number of phenols is 1. The van der Waals surface area contributed by atoms with Crippen LogP contribution < -0.4 is 4.74 Å². The van der Waals surface area contributed by atoms with Crippen molar-refractivity contribution in [3.8, 4) is 23.3 Å². The van der Waals surface area contributed by atoms with Crippen molar-refractivity contribution < 1.29 is 19.4 Å². The fourth-order valence-corrected chi connectivity index (χ4v) is 2.87. The number of ketones is 2. The summed E-state index contributed by atoms with van der Waals surface area (Å²) in [5, 5.41) is 18.7. The summed E-state index contributed by atoms with van der Waals surface area (Å²) in [6, 6.07) is 22.8. The van der Waals surface area contributed by atoms with Crippen LogP contribution in [0.1, 0.15) is 23.1 Å². The SMILES string of the molecule is N#Cc1ccc(CC(=O)CC(=O)Cc2ccc(Oc3ccccc3)cc2)c(O)c1. The van der Waals surface area contributed by atoms with Gasteiger partial charge in [0.15, 0.2) is 0 Å². The number of phenolic OH excluding ortho intramolecular Hbond substituents is 1. The standard InChI is InChI=1S/C24H19NO4/c25-16-18-6-9-19(24(28)13-18)14-21(27)15-20(26)12-17-7-10-23(11-8-17)29-22-4-2-1-3-5-22/h1-11,13,28H,12,14-15H2. The zero-order valence-electron chi connectivity index (χ0n) is 15.7. The maximum atomic E-state index is 12.2. The van der Waals surface area contributed by atoms with Gasteiger partial charge in [-0.3, -0.25) is 9.59 Å². The summed E-state index contributed by atoms with van der Waals surface area (Å²) in [6.07, 6.45) is -0.106. The zero-order chi connectivity index (χ0) is 20.6. The molecule has 0 unspecified atom stereocenters. The molecule has 1 N–H and O–H groups in total. The molecule has 0 amide bonds. The average Bonchev–Trinajstić information content (AvgIpc) is 2.71. The van der Waals surface area contributed by atoms with Crippen molar-refractivity contribution in [2.24, 2.45) is 0 Å². The van der Waals surface area contributed by atoms with Gasteiger partial charge >= 0.3 is 0 Å². The van der Waals surface area contributed by atoms with E-state index in [0.29, 0.717) is 16.9 Å². The van der Waals surface area contributed by atoms with Crippen LogP contribution in [-0.4, -0.2) is 16.7 Å². The number of carbonyl (C=O) groups is 2. The molecule has 0 bridgehead atoms. The molecule has 29 heavy (non-hydrogen) atoms. The summed E-state index contributed by atoms with van der Waals surface area (Å²) in [4.78, 5) is 24.4. The molecule has 3 rings (SSSR count). The van der Waals surface area contributed by atoms with Crippen LogP contribution in [0.25, 0.3) is 0 Å². The first-order valence-corrected chi connectivity index (χ1v) is 9.11. The molecule has 0 aliphatic carbocycles. The van der Waals surface area contributed by atoms with E-state index in [4.69, 9.17) is 10.00 Å². The lowest BCUT2D eigenvalue weighted by Crippen LogP contribution is -2.12. The van der Waals surface area contributed by atoms with E-state index in [0.717, 1.165) is 11.3 Å². The largest absolute Gasteiger partial charge is 0.508 e. The topological polar surface area (TPSA) is 87.4 Å². The van der Waals surface area contributed by atoms with Gasteiger partial charge in [0.05, 0.1) is 18.1 Å². The number of hydrogen-bond donors (Lipinski definition) is 1. The Hall–Kier alpha value is -3.91. The summed E-state index contributed by atoms with van der Waals surface area (Å²) in [5.41, 5.74) is 1.52. The Morgan fingerprint density at radius 1 is 0.862 bits per heavy atom. The van der Waals surface area contributed by atoms with Crippen molar-refractivity contribution in [2.75, 3.05) is 0 Å². The second kappa shape index (κ2) is 9.34. The third-order valence-corrected chi connectivity index (χ3v) is 4.30. The number of carbonyl (C=O) groups excluding carboxylic acids is 2. The number of ether oxygens (including phenoxy) is 1. The van der Waals surface area contributed by atoms with Crippen molar-refractivity contribution in [2.45, 2.75) is 19.3 Å². The fourth-order valence-electron chi connectivity index (χ4n) is 2.87. The number of aromatic hydroxyl groups is 1. The van der Waals surface area contributed by atoms with Crippen LogP contribution in [0.5, 0.6) is 17.2 Å². The third-order valence-electron chi connectivity index (χ3n) is 4.30. The molecule has 0 atom stereocenters. The molecule has 0 spiro atoms. The summed E-state index contributed by atoms with van der Waals surface area (Å²) in [6.45, 7) is 0. The van der Waals surface area contributed by atoms with E-state index >= 15 is 0 Å². The van der Waals surface area contributed by atoms with Gasteiger partial charge in [0.25, 0.3) is 0 Å². The molecule has 0 saturated carbocycles. The number of hydrogen-bond acceptors (Lipinski definition) is 5. The first kappa shape index (κ1) is 19.8. The van der Waals surface area contributed by atoms with Gasteiger partial charge in [-0.2, -0.15) is 5.26 Å². The Labute approximate surface area is 168 Å². The summed E-state index contributed by atoms with van der Waals surface area (Å²) >= 11 is 0. The van der Waals surface area contributed by atoms with Crippen LogP contribution in [0.3, 0.4) is 0 Å². The fraction of sp³-hybridized carbons (Fsp3) is 0.125. The molecule has 5 nitrogen and oxygen atoms in total. The lowest BCUT2D eigenvalue weighted by atomic mass is 10.00. The number of Topliss-reactive ketones (excluding diaryl/α,β-unsaturated/α-hetero) is 2. The van der Waals surface area contributed by atoms with Crippen LogP contribution in [0.15, 0.2) is 72.8 Å². The van der Waals surface area contributed by atoms with Crippen LogP contribution in [0.4, 0.5) is 0 Å². The van der Waals surface area contributed by atoms with Gasteiger partial charge in [-0.05, 0) is 42.0 Å². The second-order valence-electron chi connectivity index (χ2n) is 6.62. The van der Waals surface area contributed by atoms with Gasteiger partial charge in [0.1, 0.15) is 28.8 Å². The lowest BCUT2D eigenvalue weighted by molar-refractivity contribution is -0.126. The molecule has 144 valence electrons. The molecule has 0 aliphatic rings. The minimum Gasteiger partial charge on any atom is -0.508 e. The van der Waals surface area contributed by atoms with E-state index < -0.39 is 0 Å². The quantitative estimate of drug-likeness (QED) is 0.582. The highest BCUT2D eigenvalue weighted by molar-refractivity contribution is 6.00. The molecule has 0 heterocycles. The predicted molar refractivity (Wildman–Crippen MR) is 108 cm³/mol. The van der Waals surface area contributed by atoms with Crippen molar-refractivity contribution in [1.82, 2.24) is 0 Å². The van der Waals surface area contributed by atoms with Crippen molar-refractivity contribution in [3.63, 3.8) is 0 Å². The second-order valence-corrected chi connectivity index (χ2v) is 6.62. The molecule has 0 radical (unpaired) electrons. The Kier molecular flexibility index (Phi) is 6.39. The molecule has 3 aromatic rings. The molecule has 3 aromatic carbocycles. The number of nitriles is 1. The normalized spacial score (nSPS) is 10.2. The Morgan fingerprint density at radius 2 is 1.52 bits per heavy atom. The molecule has 5 heteroatoms. The summed E-state index contributed by atoms with van der Waals surface area (Å²) in [7, 11) is 0. The third kappa shape index (κ3) is 5.78. The Balaban J connectivity index is 1.52. The van der Waals surface area contributed by atoms with E-state index in [2.05, 4.69) is 0 Å². The van der Waals surface area contributed by atoms with Gasteiger partial charge in [-0.25, -0.2) is 0 Å². The number of benzene rings is 3. The van der Waals surface area contributed by atoms with E-state index in [1.54, 1.807) is 24.3 Å². The maximum Gasteiger partial charge on any atom is 0.144 e. The van der Waals surface area contributed by atoms with Crippen LogP contribution >= 0.6 is 0 Å². The van der Waals surface area contributed by atoms with Gasteiger partial charge in [-0.15, -0.1) is 0 Å². The lowest BCUT2D eigenvalue weighted by Gasteiger charge is -2.07.